The van der Waals surface area contributed by atoms with Gasteiger partial charge in [0.15, 0.2) is 0 Å². The van der Waals surface area contributed by atoms with Crippen LogP contribution in [0.3, 0.4) is 0 Å². The van der Waals surface area contributed by atoms with Crippen molar-refractivity contribution in [3.8, 4) is 0 Å². The molecule has 1 aliphatic rings. The molecule has 2 rings (SSSR count). The van der Waals surface area contributed by atoms with E-state index in [1.54, 1.807) is 22.1 Å². The fourth-order valence-electron chi connectivity index (χ4n) is 3.16. The molecule has 1 amide bonds. The van der Waals surface area contributed by atoms with Crippen LogP contribution in [0, 0.1) is 0 Å². The number of carbonyl (C=O) groups excluding carboxylic acids is 2. The average molecular weight is 392 g/mol. The third-order valence-corrected chi connectivity index (χ3v) is 4.58. The molecule has 1 aromatic carbocycles. The first-order valence-corrected chi connectivity index (χ1v) is 9.94. The number of ether oxygens (including phenoxy) is 1. The normalized spacial score (nSPS) is 17.0. The monoisotopic (exact) mass is 391 g/mol. The Balaban J connectivity index is 1.79. The first kappa shape index (κ1) is 22.2. The summed E-state index contributed by atoms with van der Waals surface area (Å²) in [5.74, 6) is -0.329. The number of hydrogen-bond donors (Lipinski definition) is 0. The Hall–Kier alpha value is -2.12. The molecule has 1 fully saturated rings. The largest absolute Gasteiger partial charge is 0.444 e. The summed E-state index contributed by atoms with van der Waals surface area (Å²) in [5, 5.41) is 1.71. The van der Waals surface area contributed by atoms with Gasteiger partial charge in [-0.3, -0.25) is 4.90 Å². The van der Waals surface area contributed by atoms with E-state index >= 15 is 0 Å². The number of likely N-dealkylation sites (N-methyl/N-ethyl adjacent to an activating group) is 1. The summed E-state index contributed by atoms with van der Waals surface area (Å²) < 4.78 is 5.51. The van der Waals surface area contributed by atoms with Crippen LogP contribution in [0.15, 0.2) is 30.3 Å². The minimum absolute atomic E-state index is 0.0401. The van der Waals surface area contributed by atoms with E-state index in [1.807, 2.05) is 52.8 Å². The van der Waals surface area contributed by atoms with Gasteiger partial charge in [0.25, 0.3) is 0 Å². The highest BCUT2D eigenvalue weighted by atomic mass is 16.7. The Morgan fingerprint density at radius 2 is 1.71 bits per heavy atom. The molecular formula is C21H33N3O4. The minimum atomic E-state index is -0.502. The predicted molar refractivity (Wildman–Crippen MR) is 108 cm³/mol. The summed E-state index contributed by atoms with van der Waals surface area (Å²) in [4.78, 5) is 34.1. The molecule has 0 unspecified atom stereocenters. The predicted octanol–water partition coefficient (Wildman–Crippen LogP) is 3.02. The molecule has 1 aliphatic heterocycles. The van der Waals surface area contributed by atoms with Crippen molar-refractivity contribution in [2.45, 2.75) is 46.3 Å². The molecule has 1 atom stereocenters. The Morgan fingerprint density at radius 3 is 2.25 bits per heavy atom. The van der Waals surface area contributed by atoms with Crippen molar-refractivity contribution in [2.75, 3.05) is 39.3 Å². The number of nitrogens with zero attached hydrogens (tertiary/aromatic N) is 3. The number of hydrogen-bond acceptors (Lipinski definition) is 6. The van der Waals surface area contributed by atoms with E-state index < -0.39 is 5.60 Å². The molecule has 0 spiro atoms. The van der Waals surface area contributed by atoms with Crippen molar-refractivity contribution in [2.24, 2.45) is 0 Å². The van der Waals surface area contributed by atoms with E-state index in [-0.39, 0.29) is 18.1 Å². The molecule has 0 N–H and O–H groups in total. The van der Waals surface area contributed by atoms with Crippen LogP contribution in [0.25, 0.3) is 0 Å². The SMILES string of the molecule is CCN(C(=O)OC(C)(C)C)[C@@H](C)CN1CCN(OC(=O)c2ccccc2)CC1. The van der Waals surface area contributed by atoms with Crippen molar-refractivity contribution >= 4 is 12.1 Å². The lowest BCUT2D eigenvalue weighted by atomic mass is 10.2. The molecule has 7 nitrogen and oxygen atoms in total. The third kappa shape index (κ3) is 6.80. The van der Waals surface area contributed by atoms with Crippen molar-refractivity contribution in [1.29, 1.82) is 0 Å². The molecule has 1 saturated heterocycles. The maximum atomic E-state index is 12.4. The van der Waals surface area contributed by atoms with Crippen molar-refractivity contribution in [3.05, 3.63) is 35.9 Å². The van der Waals surface area contributed by atoms with Crippen LogP contribution in [0.4, 0.5) is 4.79 Å². The third-order valence-electron chi connectivity index (χ3n) is 4.58. The van der Waals surface area contributed by atoms with E-state index in [0.29, 0.717) is 25.2 Å². The van der Waals surface area contributed by atoms with Crippen molar-refractivity contribution < 1.29 is 19.2 Å². The van der Waals surface area contributed by atoms with Crippen LogP contribution in [0.2, 0.25) is 0 Å². The zero-order valence-corrected chi connectivity index (χ0v) is 17.7. The van der Waals surface area contributed by atoms with Gasteiger partial charge in [0, 0.05) is 45.3 Å². The molecule has 0 bridgehead atoms. The maximum Gasteiger partial charge on any atom is 0.410 e. The fourth-order valence-corrected chi connectivity index (χ4v) is 3.16. The Labute approximate surface area is 168 Å². The number of hydroxylamine groups is 2. The first-order chi connectivity index (χ1) is 13.2. The van der Waals surface area contributed by atoms with Gasteiger partial charge in [-0.2, -0.15) is 0 Å². The van der Waals surface area contributed by atoms with Gasteiger partial charge in [0.05, 0.1) is 5.56 Å². The van der Waals surface area contributed by atoms with Gasteiger partial charge in [-0.05, 0) is 46.8 Å². The van der Waals surface area contributed by atoms with Crippen molar-refractivity contribution in [1.82, 2.24) is 14.9 Å². The second-order valence-corrected chi connectivity index (χ2v) is 8.09. The van der Waals surface area contributed by atoms with Crippen molar-refractivity contribution in [3.63, 3.8) is 0 Å². The zero-order valence-electron chi connectivity index (χ0n) is 17.7. The standard InChI is InChI=1S/C21H33N3O4/c1-6-24(20(26)27-21(3,4)5)17(2)16-22-12-14-23(15-13-22)28-19(25)18-10-8-7-9-11-18/h7-11,17H,6,12-16H2,1-5H3/t17-/m0/s1. The van der Waals surface area contributed by atoms with Crippen LogP contribution in [-0.2, 0) is 9.57 Å². The van der Waals surface area contributed by atoms with Gasteiger partial charge >= 0.3 is 12.1 Å². The molecule has 156 valence electrons. The Bertz CT molecular complexity index is 637. The van der Waals surface area contributed by atoms with Crippen LogP contribution in [0.1, 0.15) is 45.0 Å². The maximum absolute atomic E-state index is 12.4. The Morgan fingerprint density at radius 1 is 1.11 bits per heavy atom. The second kappa shape index (κ2) is 9.89. The summed E-state index contributed by atoms with van der Waals surface area (Å²) in [6.07, 6.45) is -0.280. The summed E-state index contributed by atoms with van der Waals surface area (Å²) in [6, 6.07) is 9.04. The van der Waals surface area contributed by atoms with E-state index in [2.05, 4.69) is 4.90 Å². The number of rotatable bonds is 6. The van der Waals surface area contributed by atoms with Crippen LogP contribution >= 0.6 is 0 Å². The molecule has 0 aliphatic carbocycles. The summed E-state index contributed by atoms with van der Waals surface area (Å²) in [5.41, 5.74) is 0.0490. The number of piperazine rings is 1. The molecule has 0 radical (unpaired) electrons. The minimum Gasteiger partial charge on any atom is -0.444 e. The van der Waals surface area contributed by atoms with Gasteiger partial charge < -0.3 is 14.5 Å². The highest BCUT2D eigenvalue weighted by Crippen LogP contribution is 2.14. The number of benzene rings is 1. The highest BCUT2D eigenvalue weighted by Gasteiger charge is 2.28. The summed E-state index contributed by atoms with van der Waals surface area (Å²) in [7, 11) is 0. The lowest BCUT2D eigenvalue weighted by molar-refractivity contribution is -0.131. The smallest absolute Gasteiger partial charge is 0.410 e. The number of amides is 1. The summed E-state index contributed by atoms with van der Waals surface area (Å²) >= 11 is 0. The molecular weight excluding hydrogens is 358 g/mol. The number of carbonyl (C=O) groups is 2. The van der Waals surface area contributed by atoms with Gasteiger partial charge in [-0.25, -0.2) is 9.59 Å². The molecule has 0 saturated carbocycles. The fraction of sp³-hybridized carbons (Fsp3) is 0.619. The van der Waals surface area contributed by atoms with Crippen LogP contribution < -0.4 is 0 Å². The van der Waals surface area contributed by atoms with E-state index in [4.69, 9.17) is 9.57 Å². The quantitative estimate of drug-likeness (QED) is 0.743. The molecule has 1 heterocycles. The molecule has 0 aromatic heterocycles. The second-order valence-electron chi connectivity index (χ2n) is 8.09. The lowest BCUT2D eigenvalue weighted by Gasteiger charge is -2.37. The first-order valence-electron chi connectivity index (χ1n) is 9.94. The van der Waals surface area contributed by atoms with Gasteiger partial charge in [-0.1, -0.05) is 18.2 Å². The van der Waals surface area contributed by atoms with E-state index in [0.717, 1.165) is 19.6 Å². The van der Waals surface area contributed by atoms with Crippen LogP contribution in [0.5, 0.6) is 0 Å². The van der Waals surface area contributed by atoms with Crippen LogP contribution in [-0.4, -0.2) is 77.8 Å². The highest BCUT2D eigenvalue weighted by molar-refractivity contribution is 5.89. The lowest BCUT2D eigenvalue weighted by Crippen LogP contribution is -2.52. The van der Waals surface area contributed by atoms with E-state index in [1.165, 1.54) is 0 Å². The summed E-state index contributed by atoms with van der Waals surface area (Å²) in [6.45, 7) is 13.8. The topological polar surface area (TPSA) is 62.3 Å². The average Bonchev–Trinajstić information content (AvgIpc) is 2.63. The van der Waals surface area contributed by atoms with Gasteiger partial charge in [-0.15, -0.1) is 5.06 Å². The zero-order chi connectivity index (χ0) is 20.7. The van der Waals surface area contributed by atoms with Gasteiger partial charge in [0.1, 0.15) is 5.60 Å². The van der Waals surface area contributed by atoms with Gasteiger partial charge in [0.2, 0.25) is 0 Å². The molecule has 1 aromatic rings. The molecule has 28 heavy (non-hydrogen) atoms. The van der Waals surface area contributed by atoms with E-state index in [9.17, 15) is 9.59 Å². The Kier molecular flexibility index (Phi) is 7.83. The molecule has 7 heteroatoms.